The van der Waals surface area contributed by atoms with Crippen LogP contribution < -0.4 is 0 Å². The first-order valence-corrected chi connectivity index (χ1v) is 16.4. The van der Waals surface area contributed by atoms with Crippen molar-refractivity contribution in [3.05, 3.63) is 143 Å². The van der Waals surface area contributed by atoms with Crippen molar-refractivity contribution in [3.8, 4) is 44.5 Å². The van der Waals surface area contributed by atoms with Gasteiger partial charge < -0.3 is 0 Å². The molecule has 0 aromatic heterocycles. The van der Waals surface area contributed by atoms with Crippen LogP contribution in [0.5, 0.6) is 0 Å². The fourth-order valence-electron chi connectivity index (χ4n) is 8.25. The van der Waals surface area contributed by atoms with Crippen LogP contribution in [0.15, 0.2) is 109 Å². The lowest BCUT2D eigenvalue weighted by atomic mass is 9.82. The van der Waals surface area contributed by atoms with Gasteiger partial charge in [0.15, 0.2) is 0 Å². The van der Waals surface area contributed by atoms with Gasteiger partial charge in [-0.3, -0.25) is 0 Å². The Morgan fingerprint density at radius 1 is 0.326 bits per heavy atom. The molecular formula is C46H36. The largest absolute Gasteiger partial charge is 0.0616 e. The minimum Gasteiger partial charge on any atom is -0.0616 e. The van der Waals surface area contributed by atoms with E-state index in [0.29, 0.717) is 0 Å². The topological polar surface area (TPSA) is 0 Å². The van der Waals surface area contributed by atoms with E-state index in [9.17, 15) is 0 Å². The van der Waals surface area contributed by atoms with Crippen LogP contribution in [0.25, 0.3) is 87.6 Å². The van der Waals surface area contributed by atoms with E-state index in [1.165, 1.54) is 121 Å². The monoisotopic (exact) mass is 588 g/mol. The van der Waals surface area contributed by atoms with Gasteiger partial charge in [0, 0.05) is 0 Å². The van der Waals surface area contributed by atoms with Gasteiger partial charge >= 0.3 is 0 Å². The second-order valence-corrected chi connectivity index (χ2v) is 13.6. The number of rotatable bonds is 2. The smallest absolute Gasteiger partial charge is 0.00199 e. The Kier molecular flexibility index (Phi) is 5.69. The second-order valence-electron chi connectivity index (χ2n) is 13.6. The summed E-state index contributed by atoms with van der Waals surface area (Å²) in [7, 11) is 0. The Morgan fingerprint density at radius 2 is 0.783 bits per heavy atom. The van der Waals surface area contributed by atoms with Gasteiger partial charge in [-0.15, -0.1) is 0 Å². The highest BCUT2D eigenvalue weighted by atomic mass is 14.3. The number of aryl methyl sites for hydroxylation is 4. The summed E-state index contributed by atoms with van der Waals surface area (Å²) >= 11 is 0. The van der Waals surface area contributed by atoms with Crippen molar-refractivity contribution in [2.45, 2.75) is 41.5 Å². The van der Waals surface area contributed by atoms with Crippen molar-refractivity contribution in [1.29, 1.82) is 0 Å². The summed E-state index contributed by atoms with van der Waals surface area (Å²) in [6, 6.07) is 41.9. The molecule has 46 heavy (non-hydrogen) atoms. The predicted molar refractivity (Wildman–Crippen MR) is 200 cm³/mol. The van der Waals surface area contributed by atoms with Crippen molar-refractivity contribution in [2.75, 3.05) is 0 Å². The number of hydrogen-bond acceptors (Lipinski definition) is 0. The zero-order chi connectivity index (χ0) is 31.4. The van der Waals surface area contributed by atoms with E-state index in [4.69, 9.17) is 0 Å². The summed E-state index contributed by atoms with van der Waals surface area (Å²) < 4.78 is 0. The average Bonchev–Trinajstić information content (AvgIpc) is 3.36. The zero-order valence-corrected chi connectivity index (χ0v) is 27.4. The minimum atomic E-state index is 1.30. The van der Waals surface area contributed by atoms with Gasteiger partial charge in [-0.05, 0) is 181 Å². The standard InChI is InChI=1S/C46H36/c1-25-18-32(19-26(2)29(25)5)44-36-14-9-10-15-37(36)45(33-20-27(3)30(6)28(4)21-33)43-24-40-39(23-42(43)44)38-17-11-16-35-34-13-8-7-12-31(34)22-41(40)46(35)38/h7-24H,1-6H3. The van der Waals surface area contributed by atoms with Crippen molar-refractivity contribution in [3.63, 3.8) is 0 Å². The first-order valence-electron chi connectivity index (χ1n) is 16.4. The van der Waals surface area contributed by atoms with Gasteiger partial charge in [0.2, 0.25) is 0 Å². The molecule has 0 heterocycles. The summed E-state index contributed by atoms with van der Waals surface area (Å²) in [5.74, 6) is 0. The molecule has 220 valence electrons. The highest BCUT2D eigenvalue weighted by Gasteiger charge is 2.26. The Bertz CT molecular complexity index is 2580. The van der Waals surface area contributed by atoms with Crippen molar-refractivity contribution >= 4 is 43.1 Å². The fraction of sp³-hybridized carbons (Fsp3) is 0.130. The summed E-state index contributed by atoms with van der Waals surface area (Å²) in [6.45, 7) is 13.5. The lowest BCUT2D eigenvalue weighted by molar-refractivity contribution is 1.27. The van der Waals surface area contributed by atoms with Crippen LogP contribution in [0.3, 0.4) is 0 Å². The molecule has 9 rings (SSSR count). The molecule has 0 fully saturated rings. The van der Waals surface area contributed by atoms with Crippen LogP contribution in [-0.2, 0) is 0 Å². The summed E-state index contributed by atoms with van der Waals surface area (Å²) in [6.07, 6.45) is 0. The first-order chi connectivity index (χ1) is 22.3. The van der Waals surface area contributed by atoms with Gasteiger partial charge in [0.1, 0.15) is 0 Å². The summed E-state index contributed by atoms with van der Waals surface area (Å²) in [5, 5.41) is 10.6. The molecule has 0 aliphatic heterocycles. The van der Waals surface area contributed by atoms with Gasteiger partial charge in [0.25, 0.3) is 0 Å². The minimum absolute atomic E-state index is 1.30. The average molecular weight is 589 g/mol. The van der Waals surface area contributed by atoms with E-state index in [2.05, 4.69) is 151 Å². The maximum absolute atomic E-state index is 2.53. The quantitative estimate of drug-likeness (QED) is 0.139. The lowest BCUT2D eigenvalue weighted by Crippen LogP contribution is -1.95. The number of benzene rings is 8. The van der Waals surface area contributed by atoms with Crippen LogP contribution in [-0.4, -0.2) is 0 Å². The molecule has 0 saturated carbocycles. The van der Waals surface area contributed by atoms with Crippen molar-refractivity contribution in [1.82, 2.24) is 0 Å². The molecule has 0 nitrogen and oxygen atoms in total. The molecule has 0 bridgehead atoms. The highest BCUT2D eigenvalue weighted by molar-refractivity contribution is 6.28. The van der Waals surface area contributed by atoms with Gasteiger partial charge in [-0.1, -0.05) is 91.0 Å². The lowest BCUT2D eigenvalue weighted by Gasteiger charge is -2.21. The van der Waals surface area contributed by atoms with E-state index in [1.807, 2.05) is 0 Å². The van der Waals surface area contributed by atoms with E-state index < -0.39 is 0 Å². The van der Waals surface area contributed by atoms with E-state index >= 15 is 0 Å². The number of hydrogen-bond donors (Lipinski definition) is 0. The van der Waals surface area contributed by atoms with Crippen LogP contribution >= 0.6 is 0 Å². The molecule has 0 spiro atoms. The van der Waals surface area contributed by atoms with E-state index in [0.717, 1.165) is 0 Å². The molecule has 0 atom stereocenters. The maximum atomic E-state index is 2.53. The Hall–Kier alpha value is -5.20. The van der Waals surface area contributed by atoms with E-state index in [1.54, 1.807) is 0 Å². The molecular weight excluding hydrogens is 553 g/mol. The molecule has 0 saturated heterocycles. The highest BCUT2D eigenvalue weighted by Crippen LogP contribution is 2.53. The first kappa shape index (κ1) is 27.1. The molecule has 8 aromatic rings. The molecule has 0 amide bonds. The van der Waals surface area contributed by atoms with Crippen LogP contribution in [0.2, 0.25) is 0 Å². The summed E-state index contributed by atoms with van der Waals surface area (Å²) in [5.41, 5.74) is 18.7. The maximum Gasteiger partial charge on any atom is -0.00199 e. The Balaban J connectivity index is 1.50. The second kappa shape index (κ2) is 9.65. The van der Waals surface area contributed by atoms with Gasteiger partial charge in [-0.25, -0.2) is 0 Å². The third kappa shape index (κ3) is 3.68. The van der Waals surface area contributed by atoms with Crippen LogP contribution in [0, 0.1) is 41.5 Å². The van der Waals surface area contributed by atoms with Crippen LogP contribution in [0.1, 0.15) is 33.4 Å². The zero-order valence-electron chi connectivity index (χ0n) is 27.4. The summed E-state index contributed by atoms with van der Waals surface area (Å²) in [4.78, 5) is 0. The third-order valence-corrected chi connectivity index (χ3v) is 11.1. The fourth-order valence-corrected chi connectivity index (χ4v) is 8.25. The van der Waals surface area contributed by atoms with Crippen molar-refractivity contribution < 1.29 is 0 Å². The van der Waals surface area contributed by atoms with E-state index in [-0.39, 0.29) is 0 Å². The SMILES string of the molecule is Cc1cc(-c2c3ccccc3c(-c3cc(C)c(C)c(C)c3)c3cc4c(cc23)-c2cccc3c2c-4cc2ccccc23)cc(C)c1C. The number of fused-ring (bicyclic) bond motifs is 7. The predicted octanol–water partition coefficient (Wildman–Crippen LogP) is 13.1. The molecule has 0 N–H and O–H groups in total. The normalized spacial score (nSPS) is 12.1. The molecule has 0 heteroatoms. The molecule has 0 radical (unpaired) electrons. The van der Waals surface area contributed by atoms with Gasteiger partial charge in [-0.2, -0.15) is 0 Å². The Morgan fingerprint density at radius 3 is 1.33 bits per heavy atom. The van der Waals surface area contributed by atoms with Crippen molar-refractivity contribution in [2.24, 2.45) is 0 Å². The molecule has 1 aliphatic rings. The molecule has 8 aromatic carbocycles. The molecule has 0 unspecified atom stereocenters. The van der Waals surface area contributed by atoms with Gasteiger partial charge in [0.05, 0.1) is 0 Å². The van der Waals surface area contributed by atoms with Crippen LogP contribution in [0.4, 0.5) is 0 Å². The third-order valence-electron chi connectivity index (χ3n) is 11.1. The Labute approximate surface area is 271 Å². The molecule has 1 aliphatic carbocycles.